The van der Waals surface area contributed by atoms with Gasteiger partial charge in [0.15, 0.2) is 0 Å². The summed E-state index contributed by atoms with van der Waals surface area (Å²) in [5.41, 5.74) is 2.23. The van der Waals surface area contributed by atoms with Crippen molar-refractivity contribution in [3.05, 3.63) is 71.8 Å². The number of amides is 2. The van der Waals surface area contributed by atoms with Gasteiger partial charge in [0.25, 0.3) is 0 Å². The fraction of sp³-hybridized carbons (Fsp3) is 0.300. The molecule has 0 saturated carbocycles. The summed E-state index contributed by atoms with van der Waals surface area (Å²) in [5, 5.41) is 0. The number of nitrogens with zero attached hydrogens (tertiary/aromatic N) is 2. The lowest BCUT2D eigenvalue weighted by Gasteiger charge is -2.40. The zero-order valence-electron chi connectivity index (χ0n) is 13.9. The summed E-state index contributed by atoms with van der Waals surface area (Å²) in [5.74, 6) is 0.0817. The van der Waals surface area contributed by atoms with Gasteiger partial charge in [-0.25, -0.2) is 0 Å². The van der Waals surface area contributed by atoms with Crippen LogP contribution in [0.5, 0.6) is 0 Å². The van der Waals surface area contributed by atoms with Gasteiger partial charge in [0.2, 0.25) is 11.8 Å². The van der Waals surface area contributed by atoms with Crippen LogP contribution in [-0.2, 0) is 22.7 Å². The lowest BCUT2D eigenvalue weighted by Crippen LogP contribution is -2.55. The van der Waals surface area contributed by atoms with Gasteiger partial charge in [0.1, 0.15) is 0 Å². The second kappa shape index (κ2) is 7.30. The fourth-order valence-electron chi connectivity index (χ4n) is 2.97. The first kappa shape index (κ1) is 16.2. The summed E-state index contributed by atoms with van der Waals surface area (Å²) in [4.78, 5) is 27.8. The molecule has 0 bridgehead atoms. The highest BCUT2D eigenvalue weighted by molar-refractivity contribution is 5.83. The van der Waals surface area contributed by atoms with Gasteiger partial charge in [-0.15, -0.1) is 0 Å². The number of benzene rings is 2. The van der Waals surface area contributed by atoms with E-state index in [0.717, 1.165) is 11.1 Å². The molecule has 1 saturated heterocycles. The van der Waals surface area contributed by atoms with Crippen molar-refractivity contribution in [3.8, 4) is 0 Å². The number of hydrogen-bond donors (Lipinski definition) is 0. The van der Waals surface area contributed by atoms with E-state index >= 15 is 0 Å². The van der Waals surface area contributed by atoms with Crippen LogP contribution in [0.3, 0.4) is 0 Å². The third kappa shape index (κ3) is 3.82. The summed E-state index contributed by atoms with van der Waals surface area (Å²) in [6, 6.07) is 20.0. The normalized spacial score (nSPS) is 14.1. The van der Waals surface area contributed by atoms with Gasteiger partial charge in [-0.2, -0.15) is 0 Å². The van der Waals surface area contributed by atoms with Crippen LogP contribution in [0.1, 0.15) is 18.1 Å². The molecule has 2 aromatic rings. The summed E-state index contributed by atoms with van der Waals surface area (Å²) >= 11 is 0. The molecule has 0 radical (unpaired) electrons. The molecule has 0 spiro atoms. The van der Waals surface area contributed by atoms with E-state index in [4.69, 9.17) is 0 Å². The molecule has 1 aliphatic heterocycles. The zero-order valence-corrected chi connectivity index (χ0v) is 13.9. The summed E-state index contributed by atoms with van der Waals surface area (Å²) in [6.45, 7) is 3.80. The molecule has 0 atom stereocenters. The van der Waals surface area contributed by atoms with Gasteiger partial charge in [-0.1, -0.05) is 60.7 Å². The van der Waals surface area contributed by atoms with Crippen LogP contribution in [0.25, 0.3) is 0 Å². The molecule has 1 fully saturated rings. The Morgan fingerprint density at radius 3 is 1.79 bits per heavy atom. The Morgan fingerprint density at radius 2 is 1.38 bits per heavy atom. The van der Waals surface area contributed by atoms with E-state index in [-0.39, 0.29) is 17.7 Å². The molecule has 2 aromatic carbocycles. The molecule has 24 heavy (non-hydrogen) atoms. The van der Waals surface area contributed by atoms with Gasteiger partial charge in [0.05, 0.1) is 5.92 Å². The van der Waals surface area contributed by atoms with Crippen molar-refractivity contribution in [2.75, 3.05) is 13.1 Å². The summed E-state index contributed by atoms with van der Waals surface area (Å²) < 4.78 is 0. The maximum Gasteiger partial charge on any atom is 0.229 e. The van der Waals surface area contributed by atoms with E-state index in [1.54, 1.807) is 11.8 Å². The van der Waals surface area contributed by atoms with Gasteiger partial charge >= 0.3 is 0 Å². The van der Waals surface area contributed by atoms with Crippen LogP contribution < -0.4 is 0 Å². The van der Waals surface area contributed by atoms with Crippen molar-refractivity contribution in [3.63, 3.8) is 0 Å². The van der Waals surface area contributed by atoms with Crippen LogP contribution in [0.4, 0.5) is 0 Å². The molecule has 1 heterocycles. The number of carbonyl (C=O) groups is 2. The number of likely N-dealkylation sites (tertiary alicyclic amines) is 1. The van der Waals surface area contributed by atoms with Gasteiger partial charge in [0, 0.05) is 33.1 Å². The summed E-state index contributed by atoms with van der Waals surface area (Å²) in [7, 11) is 0. The van der Waals surface area contributed by atoms with E-state index in [9.17, 15) is 9.59 Å². The first-order valence-electron chi connectivity index (χ1n) is 8.25. The van der Waals surface area contributed by atoms with Gasteiger partial charge in [-0.3, -0.25) is 9.59 Å². The minimum atomic E-state index is -0.0821. The predicted molar refractivity (Wildman–Crippen MR) is 92.9 cm³/mol. The third-order valence-electron chi connectivity index (χ3n) is 4.42. The van der Waals surface area contributed by atoms with Crippen molar-refractivity contribution in [1.29, 1.82) is 0 Å². The highest BCUT2D eigenvalue weighted by Gasteiger charge is 2.36. The highest BCUT2D eigenvalue weighted by Crippen LogP contribution is 2.21. The van der Waals surface area contributed by atoms with Crippen LogP contribution >= 0.6 is 0 Å². The third-order valence-corrected chi connectivity index (χ3v) is 4.42. The van der Waals surface area contributed by atoms with E-state index in [2.05, 4.69) is 0 Å². The largest absolute Gasteiger partial charge is 0.341 e. The van der Waals surface area contributed by atoms with Crippen LogP contribution in [0, 0.1) is 5.92 Å². The minimum Gasteiger partial charge on any atom is -0.341 e. The summed E-state index contributed by atoms with van der Waals surface area (Å²) in [6.07, 6.45) is 0. The standard InChI is InChI=1S/C20H22N2O2/c1-16(23)21-14-19(15-21)20(24)22(12-17-8-4-2-5-9-17)13-18-10-6-3-7-11-18/h2-11,19H,12-15H2,1H3. The molecule has 0 aliphatic carbocycles. The van der Waals surface area contributed by atoms with Crippen molar-refractivity contribution in [1.82, 2.24) is 9.80 Å². The lowest BCUT2D eigenvalue weighted by atomic mass is 9.97. The second-order valence-electron chi connectivity index (χ2n) is 6.29. The Labute approximate surface area is 142 Å². The van der Waals surface area contributed by atoms with Crippen LogP contribution in [-0.4, -0.2) is 34.7 Å². The van der Waals surface area contributed by atoms with Crippen molar-refractivity contribution in [2.45, 2.75) is 20.0 Å². The average molecular weight is 322 g/mol. The zero-order chi connectivity index (χ0) is 16.9. The lowest BCUT2D eigenvalue weighted by molar-refractivity contribution is -0.148. The topological polar surface area (TPSA) is 40.6 Å². The highest BCUT2D eigenvalue weighted by atomic mass is 16.2. The van der Waals surface area contributed by atoms with Gasteiger partial charge in [-0.05, 0) is 11.1 Å². The molecule has 0 N–H and O–H groups in total. The first-order chi connectivity index (χ1) is 11.6. The molecule has 3 rings (SSSR count). The predicted octanol–water partition coefficient (Wildman–Crippen LogP) is 2.69. The maximum absolute atomic E-state index is 12.9. The maximum atomic E-state index is 12.9. The van der Waals surface area contributed by atoms with Crippen LogP contribution in [0.2, 0.25) is 0 Å². The molecular formula is C20H22N2O2. The Morgan fingerprint density at radius 1 is 0.917 bits per heavy atom. The smallest absolute Gasteiger partial charge is 0.229 e. The Bertz CT molecular complexity index is 653. The molecule has 4 nitrogen and oxygen atoms in total. The molecule has 2 amide bonds. The van der Waals surface area contributed by atoms with Gasteiger partial charge < -0.3 is 9.80 Å². The quantitative estimate of drug-likeness (QED) is 0.849. The molecule has 4 heteroatoms. The van der Waals surface area contributed by atoms with Crippen molar-refractivity contribution in [2.24, 2.45) is 5.92 Å². The SMILES string of the molecule is CC(=O)N1CC(C(=O)N(Cc2ccccc2)Cc2ccccc2)C1. The van der Waals surface area contributed by atoms with E-state index in [0.29, 0.717) is 26.2 Å². The van der Waals surface area contributed by atoms with E-state index in [1.165, 1.54) is 0 Å². The Balaban J connectivity index is 1.72. The monoisotopic (exact) mass is 322 g/mol. The Hall–Kier alpha value is -2.62. The second-order valence-corrected chi connectivity index (χ2v) is 6.29. The number of hydrogen-bond acceptors (Lipinski definition) is 2. The molecule has 1 aliphatic rings. The Kier molecular flexibility index (Phi) is 4.94. The number of rotatable bonds is 5. The number of carbonyl (C=O) groups excluding carboxylic acids is 2. The average Bonchev–Trinajstić information content (AvgIpc) is 2.54. The first-order valence-corrected chi connectivity index (χ1v) is 8.25. The molecular weight excluding hydrogens is 300 g/mol. The van der Waals surface area contributed by atoms with E-state index < -0.39 is 0 Å². The molecule has 0 aromatic heterocycles. The fourth-order valence-corrected chi connectivity index (χ4v) is 2.97. The van der Waals surface area contributed by atoms with Crippen molar-refractivity contribution < 1.29 is 9.59 Å². The molecule has 124 valence electrons. The van der Waals surface area contributed by atoms with Crippen LogP contribution in [0.15, 0.2) is 60.7 Å². The minimum absolute atomic E-state index is 0.0386. The van der Waals surface area contributed by atoms with Crippen molar-refractivity contribution >= 4 is 11.8 Å². The van der Waals surface area contributed by atoms with E-state index in [1.807, 2.05) is 65.6 Å². The molecule has 0 unspecified atom stereocenters.